The van der Waals surface area contributed by atoms with Gasteiger partial charge >= 0.3 is 0 Å². The molecule has 0 aromatic rings. The molecule has 1 amide bonds. The Morgan fingerprint density at radius 3 is 2.47 bits per heavy atom. The van der Waals surface area contributed by atoms with E-state index in [-0.39, 0.29) is 11.9 Å². The summed E-state index contributed by atoms with van der Waals surface area (Å²) in [5.41, 5.74) is -0.625. The SMILES string of the molecule is CCC(C(=O)NCC1(O)CCC1)N(C)C. The van der Waals surface area contributed by atoms with Crippen molar-refractivity contribution in [2.75, 3.05) is 20.6 Å². The first kappa shape index (κ1) is 12.5. The molecule has 4 nitrogen and oxygen atoms in total. The van der Waals surface area contributed by atoms with Crippen LogP contribution in [0.3, 0.4) is 0 Å². The number of nitrogens with zero attached hydrogens (tertiary/aromatic N) is 1. The van der Waals surface area contributed by atoms with E-state index in [1.54, 1.807) is 0 Å². The summed E-state index contributed by atoms with van der Waals surface area (Å²) < 4.78 is 0. The lowest BCUT2D eigenvalue weighted by Gasteiger charge is -2.37. The maximum atomic E-state index is 11.7. The van der Waals surface area contributed by atoms with Crippen LogP contribution in [0.5, 0.6) is 0 Å². The van der Waals surface area contributed by atoms with Crippen LogP contribution in [0.4, 0.5) is 0 Å². The van der Waals surface area contributed by atoms with Crippen molar-refractivity contribution in [3.8, 4) is 0 Å². The lowest BCUT2D eigenvalue weighted by atomic mass is 9.80. The van der Waals surface area contributed by atoms with Crippen molar-refractivity contribution >= 4 is 5.91 Å². The molecule has 4 heteroatoms. The van der Waals surface area contributed by atoms with Gasteiger partial charge < -0.3 is 10.4 Å². The van der Waals surface area contributed by atoms with E-state index in [9.17, 15) is 9.90 Å². The van der Waals surface area contributed by atoms with Gasteiger partial charge in [0.25, 0.3) is 0 Å². The van der Waals surface area contributed by atoms with Gasteiger partial charge in [-0.1, -0.05) is 6.92 Å². The Balaban J connectivity index is 2.34. The van der Waals surface area contributed by atoms with Crippen LogP contribution in [-0.2, 0) is 4.79 Å². The molecule has 0 aromatic carbocycles. The van der Waals surface area contributed by atoms with Crippen LogP contribution >= 0.6 is 0 Å². The van der Waals surface area contributed by atoms with Crippen molar-refractivity contribution in [2.45, 2.75) is 44.2 Å². The zero-order valence-electron chi connectivity index (χ0n) is 9.92. The zero-order chi connectivity index (χ0) is 11.5. The summed E-state index contributed by atoms with van der Waals surface area (Å²) in [6.45, 7) is 2.39. The highest BCUT2D eigenvalue weighted by atomic mass is 16.3. The van der Waals surface area contributed by atoms with Gasteiger partial charge in [-0.3, -0.25) is 9.69 Å². The molecule has 2 N–H and O–H groups in total. The van der Waals surface area contributed by atoms with Gasteiger partial charge in [0.1, 0.15) is 0 Å². The van der Waals surface area contributed by atoms with Gasteiger partial charge in [0.2, 0.25) is 5.91 Å². The second-order valence-electron chi connectivity index (χ2n) is 4.68. The van der Waals surface area contributed by atoms with Crippen LogP contribution in [0.1, 0.15) is 32.6 Å². The van der Waals surface area contributed by atoms with Crippen molar-refractivity contribution < 1.29 is 9.90 Å². The number of aliphatic hydroxyl groups is 1. The second kappa shape index (κ2) is 4.94. The second-order valence-corrected chi connectivity index (χ2v) is 4.68. The number of hydrogen-bond donors (Lipinski definition) is 2. The number of hydrogen-bond acceptors (Lipinski definition) is 3. The third-order valence-electron chi connectivity index (χ3n) is 3.19. The largest absolute Gasteiger partial charge is 0.388 e. The van der Waals surface area contributed by atoms with Crippen molar-refractivity contribution in [2.24, 2.45) is 0 Å². The summed E-state index contributed by atoms with van der Waals surface area (Å²) in [4.78, 5) is 13.6. The number of likely N-dealkylation sites (N-methyl/N-ethyl adjacent to an activating group) is 1. The molecule has 0 saturated heterocycles. The first-order chi connectivity index (χ1) is 6.98. The van der Waals surface area contributed by atoms with E-state index in [1.807, 2.05) is 25.9 Å². The lowest BCUT2D eigenvalue weighted by Crippen LogP contribution is -2.51. The molecule has 15 heavy (non-hydrogen) atoms. The van der Waals surface area contributed by atoms with Crippen molar-refractivity contribution in [1.82, 2.24) is 10.2 Å². The van der Waals surface area contributed by atoms with Gasteiger partial charge in [-0.25, -0.2) is 0 Å². The van der Waals surface area contributed by atoms with E-state index >= 15 is 0 Å². The average Bonchev–Trinajstić information content (AvgIpc) is 2.12. The van der Waals surface area contributed by atoms with E-state index in [1.165, 1.54) is 0 Å². The molecular formula is C11H22N2O2. The van der Waals surface area contributed by atoms with Crippen LogP contribution in [-0.4, -0.2) is 48.2 Å². The van der Waals surface area contributed by atoms with Crippen LogP contribution in [0.2, 0.25) is 0 Å². The summed E-state index contributed by atoms with van der Waals surface area (Å²) in [5, 5.41) is 12.7. The van der Waals surface area contributed by atoms with E-state index in [0.29, 0.717) is 6.54 Å². The predicted octanol–water partition coefficient (Wildman–Crippen LogP) is 0.358. The number of carbonyl (C=O) groups excluding carboxylic acids is 1. The molecular weight excluding hydrogens is 192 g/mol. The molecule has 1 fully saturated rings. The molecule has 0 aromatic heterocycles. The summed E-state index contributed by atoms with van der Waals surface area (Å²) in [7, 11) is 3.79. The Labute approximate surface area is 91.6 Å². The quantitative estimate of drug-likeness (QED) is 0.694. The smallest absolute Gasteiger partial charge is 0.237 e. The van der Waals surface area contributed by atoms with Gasteiger partial charge in [0.15, 0.2) is 0 Å². The Bertz CT molecular complexity index is 225. The summed E-state index contributed by atoms with van der Waals surface area (Å²) >= 11 is 0. The van der Waals surface area contributed by atoms with Crippen LogP contribution < -0.4 is 5.32 Å². The predicted molar refractivity (Wildman–Crippen MR) is 59.6 cm³/mol. The lowest BCUT2D eigenvalue weighted by molar-refractivity contribution is -0.128. The topological polar surface area (TPSA) is 52.6 Å². The Kier molecular flexibility index (Phi) is 4.11. The molecule has 0 spiro atoms. The third kappa shape index (κ3) is 3.18. The van der Waals surface area contributed by atoms with Gasteiger partial charge in [-0.2, -0.15) is 0 Å². The van der Waals surface area contributed by atoms with Crippen LogP contribution in [0.25, 0.3) is 0 Å². The molecule has 0 heterocycles. The number of nitrogens with one attached hydrogen (secondary N) is 1. The molecule has 0 radical (unpaired) electrons. The first-order valence-electron chi connectivity index (χ1n) is 5.65. The maximum absolute atomic E-state index is 11.7. The van der Waals surface area contributed by atoms with Crippen molar-refractivity contribution in [1.29, 1.82) is 0 Å². The van der Waals surface area contributed by atoms with Gasteiger partial charge in [0, 0.05) is 6.54 Å². The molecule has 1 atom stereocenters. The van der Waals surface area contributed by atoms with Gasteiger partial charge in [-0.15, -0.1) is 0 Å². The van der Waals surface area contributed by atoms with E-state index < -0.39 is 5.60 Å². The minimum atomic E-state index is -0.625. The molecule has 1 aliphatic carbocycles. The fourth-order valence-electron chi connectivity index (χ4n) is 1.92. The maximum Gasteiger partial charge on any atom is 0.237 e. The summed E-state index contributed by atoms with van der Waals surface area (Å²) in [6, 6.07) is -0.0892. The standard InChI is InChI=1S/C11H22N2O2/c1-4-9(13(2)3)10(14)12-8-11(15)6-5-7-11/h9,15H,4-8H2,1-3H3,(H,12,14). The van der Waals surface area contributed by atoms with E-state index in [2.05, 4.69) is 5.32 Å². The number of rotatable bonds is 5. The highest BCUT2D eigenvalue weighted by Gasteiger charge is 2.35. The summed E-state index contributed by atoms with van der Waals surface area (Å²) in [5.74, 6) is 0.0165. The van der Waals surface area contributed by atoms with E-state index in [4.69, 9.17) is 0 Å². The highest BCUT2D eigenvalue weighted by Crippen LogP contribution is 2.30. The molecule has 1 unspecified atom stereocenters. The van der Waals surface area contributed by atoms with Gasteiger partial charge in [-0.05, 0) is 39.8 Å². The Morgan fingerprint density at radius 1 is 1.53 bits per heavy atom. The molecule has 1 saturated carbocycles. The molecule has 1 aliphatic rings. The normalized spacial score (nSPS) is 20.9. The molecule has 0 bridgehead atoms. The minimum absolute atomic E-state index is 0.0165. The number of carbonyl (C=O) groups is 1. The summed E-state index contributed by atoms with van der Waals surface area (Å²) in [6.07, 6.45) is 3.48. The zero-order valence-corrected chi connectivity index (χ0v) is 9.92. The van der Waals surface area contributed by atoms with Gasteiger partial charge in [0.05, 0.1) is 11.6 Å². The Morgan fingerprint density at radius 2 is 2.13 bits per heavy atom. The van der Waals surface area contributed by atoms with Crippen molar-refractivity contribution in [3.05, 3.63) is 0 Å². The third-order valence-corrected chi connectivity index (χ3v) is 3.19. The fraction of sp³-hybridized carbons (Fsp3) is 0.909. The minimum Gasteiger partial charge on any atom is -0.388 e. The molecule has 88 valence electrons. The highest BCUT2D eigenvalue weighted by molar-refractivity contribution is 5.81. The van der Waals surface area contributed by atoms with Crippen LogP contribution in [0.15, 0.2) is 0 Å². The van der Waals surface area contributed by atoms with Crippen LogP contribution in [0, 0.1) is 0 Å². The Hall–Kier alpha value is -0.610. The average molecular weight is 214 g/mol. The number of amides is 1. The van der Waals surface area contributed by atoms with E-state index in [0.717, 1.165) is 25.7 Å². The fourth-order valence-corrected chi connectivity index (χ4v) is 1.92. The van der Waals surface area contributed by atoms with Crippen molar-refractivity contribution in [3.63, 3.8) is 0 Å². The molecule has 0 aliphatic heterocycles. The monoisotopic (exact) mass is 214 g/mol. The molecule has 1 rings (SSSR count). The first-order valence-corrected chi connectivity index (χ1v) is 5.65.